The average molecular weight is 371 g/mol. The highest BCUT2D eigenvalue weighted by atomic mass is 35.5. The predicted molar refractivity (Wildman–Crippen MR) is 85.2 cm³/mol. The van der Waals surface area contributed by atoms with Crippen molar-refractivity contribution in [2.75, 3.05) is 33.7 Å². The van der Waals surface area contributed by atoms with Crippen LogP contribution >= 0.6 is 23.2 Å². The van der Waals surface area contributed by atoms with E-state index in [2.05, 4.69) is 0 Å². The van der Waals surface area contributed by atoms with E-state index in [4.69, 9.17) is 23.2 Å². The molecule has 3 nitrogen and oxygen atoms in total. The first-order valence-electron chi connectivity index (χ1n) is 7.23. The maximum Gasteiger partial charge on any atom is 0.416 e. The van der Waals surface area contributed by atoms with E-state index in [0.717, 1.165) is 18.7 Å². The Kier molecular flexibility index (Phi) is 5.24. The molecule has 0 spiro atoms. The van der Waals surface area contributed by atoms with E-state index in [9.17, 15) is 18.4 Å². The van der Waals surface area contributed by atoms with E-state index in [1.165, 1.54) is 12.1 Å². The molecule has 2 atom stereocenters. The van der Waals surface area contributed by atoms with E-state index in [-0.39, 0.29) is 18.7 Å². The van der Waals surface area contributed by atoms with Crippen molar-refractivity contribution in [1.29, 1.82) is 0 Å². The molecule has 0 saturated carbocycles. The lowest BCUT2D eigenvalue weighted by Crippen LogP contribution is -2.68. The third-order valence-corrected chi connectivity index (χ3v) is 4.67. The van der Waals surface area contributed by atoms with E-state index in [1.54, 1.807) is 0 Å². The lowest BCUT2D eigenvalue weighted by atomic mass is 9.91. The summed E-state index contributed by atoms with van der Waals surface area (Å²) in [6, 6.07) is 3.80. The van der Waals surface area contributed by atoms with Crippen LogP contribution in [0.2, 0.25) is 0 Å². The summed E-state index contributed by atoms with van der Waals surface area (Å²) in [5.74, 6) is 0. The third kappa shape index (κ3) is 4.12. The van der Waals surface area contributed by atoms with E-state index in [1.807, 2.05) is 19.0 Å². The zero-order valence-corrected chi connectivity index (χ0v) is 14.4. The second-order valence-corrected chi connectivity index (χ2v) is 7.82. The van der Waals surface area contributed by atoms with Gasteiger partial charge in [0, 0.05) is 18.5 Å². The van der Waals surface area contributed by atoms with Gasteiger partial charge in [0.15, 0.2) is 6.04 Å². The summed E-state index contributed by atoms with van der Waals surface area (Å²) in [6.07, 6.45) is -3.85. The minimum atomic E-state index is -4.47. The lowest BCUT2D eigenvalue weighted by molar-refractivity contribution is -0.954. The monoisotopic (exact) mass is 370 g/mol. The van der Waals surface area contributed by atoms with Gasteiger partial charge < -0.3 is 14.8 Å². The van der Waals surface area contributed by atoms with Gasteiger partial charge in [-0.15, -0.1) is 0 Å². The molecular weight excluding hydrogens is 352 g/mol. The summed E-state index contributed by atoms with van der Waals surface area (Å²) in [7, 11) is 3.78. The van der Waals surface area contributed by atoms with Crippen LogP contribution in [0.3, 0.4) is 0 Å². The van der Waals surface area contributed by atoms with Gasteiger partial charge in [-0.05, 0) is 26.2 Å². The quantitative estimate of drug-likeness (QED) is 0.441. The Morgan fingerprint density at radius 2 is 2.00 bits per heavy atom. The van der Waals surface area contributed by atoms with Crippen LogP contribution < -0.4 is 0 Å². The second-order valence-electron chi connectivity index (χ2n) is 6.28. The van der Waals surface area contributed by atoms with Crippen molar-refractivity contribution in [2.45, 2.75) is 23.0 Å². The summed E-state index contributed by atoms with van der Waals surface area (Å²) >= 11 is 12.3. The number of likely N-dealkylation sites (tertiary alicyclic amines) is 1. The Morgan fingerprint density at radius 1 is 1.35 bits per heavy atom. The minimum Gasteiger partial charge on any atom is -0.632 e. The molecule has 0 N–H and O–H groups in total. The van der Waals surface area contributed by atoms with Crippen molar-refractivity contribution in [3.8, 4) is 0 Å². The Bertz CT molecular complexity index is 566. The van der Waals surface area contributed by atoms with Crippen molar-refractivity contribution in [1.82, 2.24) is 4.90 Å². The van der Waals surface area contributed by atoms with Gasteiger partial charge in [-0.25, -0.2) is 0 Å². The molecule has 0 aliphatic carbocycles. The van der Waals surface area contributed by atoms with Crippen LogP contribution in [0.5, 0.6) is 0 Å². The Balaban J connectivity index is 2.24. The van der Waals surface area contributed by atoms with Crippen LogP contribution in [-0.2, 0) is 6.18 Å². The molecule has 23 heavy (non-hydrogen) atoms. The van der Waals surface area contributed by atoms with Crippen LogP contribution in [0.4, 0.5) is 13.2 Å². The lowest BCUT2D eigenvalue weighted by Gasteiger charge is -2.62. The van der Waals surface area contributed by atoms with Crippen molar-refractivity contribution in [3.05, 3.63) is 40.6 Å². The topological polar surface area (TPSA) is 26.3 Å². The molecule has 8 heteroatoms. The standard InChI is InChI=1S/C15H19Cl2F3N2O/c1-21(2)7-4-8-22(23)10-14(16,17)13(22)11-5-3-6-12(9-11)15(18,19)20/h3,5-6,9,13H,4,7-8,10H2,1-2H3. The highest BCUT2D eigenvalue weighted by Gasteiger charge is 2.60. The van der Waals surface area contributed by atoms with Crippen molar-refractivity contribution in [2.24, 2.45) is 0 Å². The van der Waals surface area contributed by atoms with Crippen LogP contribution in [0.15, 0.2) is 24.3 Å². The van der Waals surface area contributed by atoms with Crippen molar-refractivity contribution >= 4 is 23.2 Å². The highest BCUT2D eigenvalue weighted by molar-refractivity contribution is 6.49. The Morgan fingerprint density at radius 3 is 2.52 bits per heavy atom. The number of quaternary nitrogens is 1. The third-order valence-electron chi connectivity index (χ3n) is 4.02. The van der Waals surface area contributed by atoms with Gasteiger partial charge in [0.25, 0.3) is 0 Å². The van der Waals surface area contributed by atoms with Gasteiger partial charge in [0.05, 0.1) is 12.1 Å². The van der Waals surface area contributed by atoms with Gasteiger partial charge >= 0.3 is 6.18 Å². The van der Waals surface area contributed by atoms with E-state index >= 15 is 0 Å². The number of hydroxylamine groups is 3. The SMILES string of the molecule is CN(C)CCC[N+]1([O-])CC(Cl)(Cl)C1c1cccc(C(F)(F)F)c1. The first-order chi connectivity index (χ1) is 10.5. The van der Waals surface area contributed by atoms with Gasteiger partial charge in [-0.1, -0.05) is 35.3 Å². The van der Waals surface area contributed by atoms with Crippen LogP contribution in [0.1, 0.15) is 23.6 Å². The molecule has 2 unspecified atom stereocenters. The summed E-state index contributed by atoms with van der Waals surface area (Å²) in [4.78, 5) is 1.94. The molecule has 1 heterocycles. The number of hydrogen-bond donors (Lipinski definition) is 0. The second kappa shape index (κ2) is 6.41. The maximum atomic E-state index is 12.9. The summed E-state index contributed by atoms with van der Waals surface area (Å²) < 4.78 is 36.6. The first-order valence-corrected chi connectivity index (χ1v) is 7.99. The molecule has 1 saturated heterocycles. The van der Waals surface area contributed by atoms with Crippen LogP contribution in [0, 0.1) is 5.21 Å². The number of rotatable bonds is 5. The molecule has 1 aromatic carbocycles. The normalized spacial score (nSPS) is 27.1. The number of alkyl halides is 5. The number of benzene rings is 1. The largest absolute Gasteiger partial charge is 0.632 e. The fourth-order valence-electron chi connectivity index (χ4n) is 3.03. The predicted octanol–water partition coefficient (Wildman–Crippen LogP) is 4.20. The summed E-state index contributed by atoms with van der Waals surface area (Å²) in [6.45, 7) is 0.958. The summed E-state index contributed by atoms with van der Waals surface area (Å²) in [5, 5.41) is 12.9. The number of nitrogens with zero attached hydrogens (tertiary/aromatic N) is 2. The van der Waals surface area contributed by atoms with E-state index < -0.39 is 26.8 Å². The molecule has 0 amide bonds. The molecule has 0 aromatic heterocycles. The van der Waals surface area contributed by atoms with Gasteiger partial charge in [-0.2, -0.15) is 13.2 Å². The molecule has 1 aromatic rings. The molecule has 130 valence electrons. The molecule has 0 radical (unpaired) electrons. The summed E-state index contributed by atoms with van der Waals surface area (Å²) in [5.41, 5.74) is -0.568. The fourth-order valence-corrected chi connectivity index (χ4v) is 4.04. The molecule has 0 bridgehead atoms. The highest BCUT2D eigenvalue weighted by Crippen LogP contribution is 2.55. The molecule has 1 aliphatic heterocycles. The zero-order valence-electron chi connectivity index (χ0n) is 12.9. The zero-order chi connectivity index (χ0) is 17.5. The van der Waals surface area contributed by atoms with Crippen LogP contribution in [-0.4, -0.2) is 47.6 Å². The average Bonchev–Trinajstić information content (AvgIpc) is 2.35. The van der Waals surface area contributed by atoms with E-state index in [0.29, 0.717) is 6.42 Å². The number of halogens is 5. The molecule has 1 aliphatic rings. The molecular formula is C15H19Cl2F3N2O. The first kappa shape index (κ1) is 18.8. The minimum absolute atomic E-state index is 0.0234. The molecule has 2 rings (SSSR count). The Hall–Kier alpha value is -0.530. The van der Waals surface area contributed by atoms with Crippen LogP contribution in [0.25, 0.3) is 0 Å². The van der Waals surface area contributed by atoms with Crippen molar-refractivity contribution in [3.63, 3.8) is 0 Å². The number of hydrogen-bond acceptors (Lipinski definition) is 2. The maximum absolute atomic E-state index is 12.9. The Labute approximate surface area is 143 Å². The fraction of sp³-hybridized carbons (Fsp3) is 0.600. The van der Waals surface area contributed by atoms with Crippen molar-refractivity contribution < 1.29 is 17.8 Å². The van der Waals surface area contributed by atoms with Gasteiger partial charge in [0.2, 0.25) is 4.33 Å². The molecule has 1 fully saturated rings. The van der Waals surface area contributed by atoms with Gasteiger partial charge in [0.1, 0.15) is 6.54 Å². The van der Waals surface area contributed by atoms with Gasteiger partial charge in [-0.3, -0.25) is 0 Å². The smallest absolute Gasteiger partial charge is 0.416 e.